The van der Waals surface area contributed by atoms with Crippen molar-refractivity contribution in [1.29, 1.82) is 0 Å². The second-order valence-corrected chi connectivity index (χ2v) is 6.14. The molecular weight excluding hydrogens is 317 g/mol. The Labute approximate surface area is 139 Å². The van der Waals surface area contributed by atoms with E-state index in [1.165, 1.54) is 0 Å². The minimum atomic E-state index is 0.474. The number of aromatic nitrogens is 1. The molecule has 0 aliphatic carbocycles. The molecule has 3 nitrogen and oxygen atoms in total. The van der Waals surface area contributed by atoms with Crippen LogP contribution < -0.4 is 10.6 Å². The molecule has 2 N–H and O–H groups in total. The first-order valence-corrected chi connectivity index (χ1v) is 7.54. The summed E-state index contributed by atoms with van der Waals surface area (Å²) in [5, 5.41) is 2.05. The Morgan fingerprint density at radius 2 is 1.73 bits per heavy atom. The van der Waals surface area contributed by atoms with Crippen molar-refractivity contribution < 1.29 is 0 Å². The van der Waals surface area contributed by atoms with Gasteiger partial charge in [0.15, 0.2) is 0 Å². The van der Waals surface area contributed by atoms with Gasteiger partial charge in [0.25, 0.3) is 0 Å². The monoisotopic (exact) mass is 331 g/mol. The molecule has 5 heteroatoms. The Bertz CT molecular complexity index is 860. The average Bonchev–Trinajstić information content (AvgIpc) is 2.48. The molecule has 0 aliphatic rings. The van der Waals surface area contributed by atoms with E-state index < -0.39 is 0 Å². The van der Waals surface area contributed by atoms with Crippen LogP contribution in [0.15, 0.2) is 42.5 Å². The topological polar surface area (TPSA) is 42.1 Å². The Morgan fingerprint density at radius 1 is 0.955 bits per heavy atom. The molecule has 3 rings (SSSR count). The van der Waals surface area contributed by atoms with Crippen molar-refractivity contribution in [2.24, 2.45) is 0 Å². The van der Waals surface area contributed by atoms with E-state index >= 15 is 0 Å². The number of benzene rings is 2. The summed E-state index contributed by atoms with van der Waals surface area (Å²) in [7, 11) is 3.99. The van der Waals surface area contributed by atoms with E-state index in [1.54, 1.807) is 12.1 Å². The summed E-state index contributed by atoms with van der Waals surface area (Å²) in [6.07, 6.45) is 0. The van der Waals surface area contributed by atoms with Crippen LogP contribution in [0.5, 0.6) is 0 Å². The van der Waals surface area contributed by atoms with Gasteiger partial charge >= 0.3 is 0 Å². The highest BCUT2D eigenvalue weighted by Crippen LogP contribution is 2.33. The molecule has 22 heavy (non-hydrogen) atoms. The van der Waals surface area contributed by atoms with Crippen molar-refractivity contribution in [3.05, 3.63) is 52.5 Å². The first-order chi connectivity index (χ1) is 10.5. The third-order valence-corrected chi connectivity index (χ3v) is 4.32. The van der Waals surface area contributed by atoms with Crippen LogP contribution in [0.4, 0.5) is 11.5 Å². The molecule has 0 bridgehead atoms. The number of fused-ring (bicyclic) bond motifs is 1. The van der Waals surface area contributed by atoms with Gasteiger partial charge in [-0.15, -0.1) is 0 Å². The van der Waals surface area contributed by atoms with E-state index in [0.717, 1.165) is 27.7 Å². The van der Waals surface area contributed by atoms with E-state index in [4.69, 9.17) is 28.9 Å². The van der Waals surface area contributed by atoms with Crippen LogP contribution in [-0.2, 0) is 0 Å². The van der Waals surface area contributed by atoms with Crippen molar-refractivity contribution in [1.82, 2.24) is 4.98 Å². The molecule has 0 aliphatic heterocycles. The Balaban J connectivity index is 2.16. The number of nitrogens with zero attached hydrogens (tertiary/aromatic N) is 2. The van der Waals surface area contributed by atoms with Gasteiger partial charge in [0, 0.05) is 30.7 Å². The number of nitrogen functional groups attached to an aromatic ring is 1. The van der Waals surface area contributed by atoms with Crippen molar-refractivity contribution in [2.45, 2.75) is 0 Å². The highest BCUT2D eigenvalue weighted by Gasteiger charge is 2.09. The normalized spacial score (nSPS) is 10.9. The molecule has 2 aromatic carbocycles. The summed E-state index contributed by atoms with van der Waals surface area (Å²) in [5.74, 6) is 0.474. The molecule has 1 aromatic heterocycles. The SMILES string of the molecule is CN(C)c1ccc2cc(-c3ccc(Cl)c(Cl)c3)c(N)nc2c1. The maximum Gasteiger partial charge on any atom is 0.131 e. The van der Waals surface area contributed by atoms with Gasteiger partial charge < -0.3 is 10.6 Å². The van der Waals surface area contributed by atoms with E-state index in [1.807, 2.05) is 43.3 Å². The number of anilines is 2. The molecule has 0 saturated heterocycles. The van der Waals surface area contributed by atoms with Gasteiger partial charge in [-0.2, -0.15) is 0 Å². The van der Waals surface area contributed by atoms with Gasteiger partial charge in [0.2, 0.25) is 0 Å². The number of pyridine rings is 1. The van der Waals surface area contributed by atoms with Crippen LogP contribution in [0.3, 0.4) is 0 Å². The third-order valence-electron chi connectivity index (χ3n) is 3.58. The highest BCUT2D eigenvalue weighted by atomic mass is 35.5. The second kappa shape index (κ2) is 5.67. The summed E-state index contributed by atoms with van der Waals surface area (Å²) < 4.78 is 0. The van der Waals surface area contributed by atoms with Gasteiger partial charge in [-0.3, -0.25) is 0 Å². The zero-order valence-electron chi connectivity index (χ0n) is 12.3. The van der Waals surface area contributed by atoms with Crippen LogP contribution >= 0.6 is 23.2 Å². The lowest BCUT2D eigenvalue weighted by atomic mass is 10.0. The molecule has 112 valence electrons. The highest BCUT2D eigenvalue weighted by molar-refractivity contribution is 6.42. The van der Waals surface area contributed by atoms with Crippen LogP contribution in [0.1, 0.15) is 0 Å². The molecule has 0 unspecified atom stereocenters. The van der Waals surface area contributed by atoms with Crippen LogP contribution in [0.25, 0.3) is 22.0 Å². The first-order valence-electron chi connectivity index (χ1n) is 6.79. The Hall–Kier alpha value is -1.97. The van der Waals surface area contributed by atoms with E-state index in [2.05, 4.69) is 11.1 Å². The smallest absolute Gasteiger partial charge is 0.131 e. The lowest BCUT2D eigenvalue weighted by molar-refractivity contribution is 1.13. The summed E-state index contributed by atoms with van der Waals surface area (Å²) in [5.41, 5.74) is 9.84. The number of hydrogen-bond acceptors (Lipinski definition) is 3. The lowest BCUT2D eigenvalue weighted by Gasteiger charge is -2.14. The summed E-state index contributed by atoms with van der Waals surface area (Å²) in [4.78, 5) is 6.55. The average molecular weight is 332 g/mol. The zero-order valence-corrected chi connectivity index (χ0v) is 13.8. The molecule has 0 amide bonds. The van der Waals surface area contributed by atoms with Gasteiger partial charge in [0.1, 0.15) is 5.82 Å². The van der Waals surface area contributed by atoms with Gasteiger partial charge in [-0.25, -0.2) is 4.98 Å². The number of nitrogens with two attached hydrogens (primary N) is 1. The van der Waals surface area contributed by atoms with Crippen molar-refractivity contribution >= 4 is 45.6 Å². The Morgan fingerprint density at radius 3 is 2.41 bits per heavy atom. The van der Waals surface area contributed by atoms with Gasteiger partial charge in [-0.05, 0) is 35.9 Å². The largest absolute Gasteiger partial charge is 0.383 e. The van der Waals surface area contributed by atoms with Crippen LogP contribution in [0.2, 0.25) is 10.0 Å². The summed E-state index contributed by atoms with van der Waals surface area (Å²) >= 11 is 12.1. The number of halogens is 2. The van der Waals surface area contributed by atoms with Gasteiger partial charge in [0.05, 0.1) is 15.6 Å². The fourth-order valence-electron chi connectivity index (χ4n) is 2.34. The van der Waals surface area contributed by atoms with Gasteiger partial charge in [-0.1, -0.05) is 35.3 Å². The number of hydrogen-bond donors (Lipinski definition) is 1. The quantitative estimate of drug-likeness (QED) is 0.729. The van der Waals surface area contributed by atoms with E-state index in [-0.39, 0.29) is 0 Å². The predicted octanol–water partition coefficient (Wildman–Crippen LogP) is 4.86. The van der Waals surface area contributed by atoms with E-state index in [0.29, 0.717) is 15.9 Å². The first kappa shape index (κ1) is 14.9. The fourth-order valence-corrected chi connectivity index (χ4v) is 2.64. The standard InChI is InChI=1S/C17H15Cl2N3/c1-22(2)12-5-3-11-7-13(17(20)21-16(11)9-12)10-4-6-14(18)15(19)8-10/h3-9H,1-2H3,(H2,20,21). The van der Waals surface area contributed by atoms with Crippen molar-refractivity contribution in [3.63, 3.8) is 0 Å². The van der Waals surface area contributed by atoms with E-state index in [9.17, 15) is 0 Å². The molecular formula is C17H15Cl2N3. The van der Waals surface area contributed by atoms with Crippen molar-refractivity contribution in [2.75, 3.05) is 24.7 Å². The molecule has 0 radical (unpaired) electrons. The lowest BCUT2D eigenvalue weighted by Crippen LogP contribution is -2.08. The molecule has 1 heterocycles. The molecule has 0 atom stereocenters. The molecule has 0 spiro atoms. The molecule has 3 aromatic rings. The second-order valence-electron chi connectivity index (χ2n) is 5.32. The summed E-state index contributed by atoms with van der Waals surface area (Å²) in [6.45, 7) is 0. The predicted molar refractivity (Wildman–Crippen MR) is 95.9 cm³/mol. The minimum Gasteiger partial charge on any atom is -0.383 e. The molecule has 0 saturated carbocycles. The number of rotatable bonds is 2. The Kier molecular flexibility index (Phi) is 3.85. The van der Waals surface area contributed by atoms with Crippen LogP contribution in [0, 0.1) is 0 Å². The van der Waals surface area contributed by atoms with Crippen LogP contribution in [-0.4, -0.2) is 19.1 Å². The third kappa shape index (κ3) is 2.70. The van der Waals surface area contributed by atoms with Crippen molar-refractivity contribution in [3.8, 4) is 11.1 Å². The fraction of sp³-hybridized carbons (Fsp3) is 0.118. The maximum absolute atomic E-state index is 6.13. The summed E-state index contributed by atoms with van der Waals surface area (Å²) in [6, 6.07) is 13.6. The zero-order chi connectivity index (χ0) is 15.9. The minimum absolute atomic E-state index is 0.474. The molecule has 0 fully saturated rings. The maximum atomic E-state index is 6.13.